The molecule has 0 radical (unpaired) electrons. The number of rotatable bonds is 4. The summed E-state index contributed by atoms with van der Waals surface area (Å²) < 4.78 is 11.9. The maximum Gasteiger partial charge on any atom is 0.413 e. The fraction of sp³-hybridized carbons (Fsp3) is 0.556. The molecule has 0 saturated carbocycles. The number of ether oxygens (including phenoxy) is 2. The Labute approximate surface area is 166 Å². The fourth-order valence-electron chi connectivity index (χ4n) is 2.94. The zero-order chi connectivity index (χ0) is 20.5. The summed E-state index contributed by atoms with van der Waals surface area (Å²) in [4.78, 5) is 42.6. The lowest BCUT2D eigenvalue weighted by Gasteiger charge is -2.40. The van der Waals surface area contributed by atoms with Crippen LogP contribution in [0.5, 0.6) is 0 Å². The largest absolute Gasteiger partial charge is 0.444 e. The summed E-state index contributed by atoms with van der Waals surface area (Å²) in [5.41, 5.74) is -3.19. The van der Waals surface area contributed by atoms with Crippen LogP contribution in [0.1, 0.15) is 40.3 Å². The number of nitrogens with one attached hydrogen (secondary N) is 1. The molecule has 2 heterocycles. The smallest absolute Gasteiger partial charge is 0.413 e. The van der Waals surface area contributed by atoms with Crippen LogP contribution < -0.4 is 5.32 Å². The summed E-state index contributed by atoms with van der Waals surface area (Å²) in [6, 6.07) is 5.05. The molecule has 1 unspecified atom stereocenters. The van der Waals surface area contributed by atoms with Crippen LogP contribution in [0.15, 0.2) is 22.8 Å². The summed E-state index contributed by atoms with van der Waals surface area (Å²) in [6.07, 6.45) is -0.147. The van der Waals surface area contributed by atoms with Crippen molar-refractivity contribution in [2.45, 2.75) is 51.5 Å². The minimum absolute atomic E-state index is 0.132. The average Bonchev–Trinajstić information content (AvgIpc) is 2.83. The molecule has 9 heteroatoms. The van der Waals surface area contributed by atoms with Gasteiger partial charge in [0.15, 0.2) is 5.54 Å². The normalized spacial score (nSPS) is 21.6. The number of aromatic nitrogens is 1. The Kier molecular flexibility index (Phi) is 5.96. The number of hydrogen-bond acceptors (Lipinski definition) is 6. The van der Waals surface area contributed by atoms with Gasteiger partial charge in [0, 0.05) is 0 Å². The van der Waals surface area contributed by atoms with Crippen LogP contribution in [0.3, 0.4) is 0 Å². The second-order valence-electron chi connectivity index (χ2n) is 7.63. The Morgan fingerprint density at radius 1 is 1.41 bits per heavy atom. The first-order valence-electron chi connectivity index (χ1n) is 8.46. The lowest BCUT2D eigenvalue weighted by molar-refractivity contribution is -0.135. The van der Waals surface area contributed by atoms with Crippen molar-refractivity contribution in [2.75, 3.05) is 13.2 Å². The van der Waals surface area contributed by atoms with E-state index >= 15 is 0 Å². The van der Waals surface area contributed by atoms with Crippen molar-refractivity contribution in [1.82, 2.24) is 15.2 Å². The highest BCUT2D eigenvalue weighted by Crippen LogP contribution is 2.43. The Morgan fingerprint density at radius 2 is 2.07 bits per heavy atom. The maximum atomic E-state index is 13.2. The molecule has 2 rings (SSSR count). The number of carbonyl (C=O) groups is 3. The van der Waals surface area contributed by atoms with Gasteiger partial charge in [0.2, 0.25) is 0 Å². The number of aldehydes is 1. The third kappa shape index (κ3) is 4.30. The van der Waals surface area contributed by atoms with E-state index in [1.807, 2.05) is 0 Å². The molecule has 1 aromatic heterocycles. The van der Waals surface area contributed by atoms with Crippen LogP contribution >= 0.6 is 15.9 Å². The zero-order valence-electron chi connectivity index (χ0n) is 16.0. The van der Waals surface area contributed by atoms with Gasteiger partial charge in [-0.25, -0.2) is 9.78 Å². The minimum Gasteiger partial charge on any atom is -0.444 e. The molecule has 0 bridgehead atoms. The summed E-state index contributed by atoms with van der Waals surface area (Å²) in [7, 11) is 0. The van der Waals surface area contributed by atoms with E-state index in [2.05, 4.69) is 26.2 Å². The van der Waals surface area contributed by atoms with Crippen LogP contribution in [0.2, 0.25) is 0 Å². The van der Waals surface area contributed by atoms with E-state index in [-0.39, 0.29) is 13.2 Å². The average molecular weight is 442 g/mol. The van der Waals surface area contributed by atoms with E-state index in [0.717, 1.165) is 0 Å². The molecular formula is C18H24BrN3O5. The lowest BCUT2D eigenvalue weighted by Crippen LogP contribution is -2.61. The van der Waals surface area contributed by atoms with Crippen molar-refractivity contribution in [1.29, 1.82) is 0 Å². The lowest BCUT2D eigenvalue weighted by atomic mass is 9.91. The minimum atomic E-state index is -1.58. The van der Waals surface area contributed by atoms with Gasteiger partial charge in [-0.1, -0.05) is 6.07 Å². The third-order valence-corrected chi connectivity index (χ3v) is 4.43. The van der Waals surface area contributed by atoms with Crippen molar-refractivity contribution >= 4 is 34.2 Å². The summed E-state index contributed by atoms with van der Waals surface area (Å²) in [6.45, 7) is 8.22. The molecule has 1 N–H and O–H groups in total. The highest BCUT2D eigenvalue weighted by Gasteiger charge is 2.61. The highest BCUT2D eigenvalue weighted by molar-refractivity contribution is 9.10. The molecular weight excluding hydrogens is 418 g/mol. The molecule has 1 aliphatic rings. The van der Waals surface area contributed by atoms with Gasteiger partial charge in [0.25, 0.3) is 5.91 Å². The van der Waals surface area contributed by atoms with Gasteiger partial charge in [-0.2, -0.15) is 0 Å². The monoisotopic (exact) mass is 441 g/mol. The highest BCUT2D eigenvalue weighted by atomic mass is 79.9. The van der Waals surface area contributed by atoms with Crippen molar-refractivity contribution in [3.63, 3.8) is 0 Å². The first kappa shape index (κ1) is 21.3. The van der Waals surface area contributed by atoms with Crippen molar-refractivity contribution in [3.05, 3.63) is 28.5 Å². The second-order valence-corrected chi connectivity index (χ2v) is 8.45. The molecule has 1 fully saturated rings. The molecule has 1 saturated heterocycles. The molecule has 1 aromatic rings. The van der Waals surface area contributed by atoms with Gasteiger partial charge in [0.05, 0.1) is 18.8 Å². The van der Waals surface area contributed by atoms with E-state index in [0.29, 0.717) is 16.6 Å². The number of amides is 2. The second kappa shape index (κ2) is 7.55. The zero-order valence-corrected chi connectivity index (χ0v) is 17.6. The van der Waals surface area contributed by atoms with E-state index in [4.69, 9.17) is 9.47 Å². The van der Waals surface area contributed by atoms with Crippen molar-refractivity contribution in [2.24, 2.45) is 0 Å². The van der Waals surface area contributed by atoms with E-state index < -0.39 is 28.9 Å². The molecule has 0 spiro atoms. The topological polar surface area (TPSA) is 97.8 Å². The molecule has 1 aliphatic heterocycles. The standard InChI is InChI=1S/C18H24BrN3O5/c1-16(2,3)27-15(25)22-17(4,5)26-11-18(22,14(24)20-9-10-23)12-7-6-8-13(19)21-12/h6-8,10H,9,11H2,1-5H3,(H,20,24). The summed E-state index contributed by atoms with van der Waals surface area (Å²) in [5.74, 6) is -0.573. The van der Waals surface area contributed by atoms with Gasteiger partial charge < -0.3 is 19.6 Å². The number of halogens is 1. The quantitative estimate of drug-likeness (QED) is 0.568. The first-order chi connectivity index (χ1) is 12.4. The summed E-state index contributed by atoms with van der Waals surface area (Å²) in [5, 5.41) is 2.53. The van der Waals surface area contributed by atoms with E-state index in [9.17, 15) is 14.4 Å². The van der Waals surface area contributed by atoms with Crippen molar-refractivity contribution in [3.8, 4) is 0 Å². The number of pyridine rings is 1. The molecule has 0 aromatic carbocycles. The van der Waals surface area contributed by atoms with Crippen LogP contribution in [-0.2, 0) is 24.6 Å². The van der Waals surface area contributed by atoms with Crippen LogP contribution in [0.25, 0.3) is 0 Å². The van der Waals surface area contributed by atoms with Gasteiger partial charge in [0.1, 0.15) is 22.2 Å². The first-order valence-corrected chi connectivity index (χ1v) is 9.25. The molecule has 27 heavy (non-hydrogen) atoms. The van der Waals surface area contributed by atoms with Gasteiger partial charge in [-0.15, -0.1) is 0 Å². The Balaban J connectivity index is 2.63. The predicted octanol–water partition coefficient (Wildman–Crippen LogP) is 2.36. The number of hydrogen-bond donors (Lipinski definition) is 1. The number of nitrogens with zero attached hydrogens (tertiary/aromatic N) is 2. The van der Waals surface area contributed by atoms with Crippen molar-refractivity contribution < 1.29 is 23.9 Å². The molecule has 148 valence electrons. The van der Waals surface area contributed by atoms with Gasteiger partial charge in [-0.05, 0) is 62.7 Å². The van der Waals surface area contributed by atoms with E-state index in [1.54, 1.807) is 52.8 Å². The number of carbonyl (C=O) groups excluding carboxylic acids is 3. The van der Waals surface area contributed by atoms with Crippen LogP contribution in [-0.4, -0.2) is 52.6 Å². The predicted molar refractivity (Wildman–Crippen MR) is 101 cm³/mol. The molecule has 0 aliphatic carbocycles. The van der Waals surface area contributed by atoms with Crippen LogP contribution in [0.4, 0.5) is 4.79 Å². The molecule has 2 amide bonds. The van der Waals surface area contributed by atoms with E-state index in [1.165, 1.54) is 4.90 Å². The maximum absolute atomic E-state index is 13.2. The molecule has 8 nitrogen and oxygen atoms in total. The third-order valence-electron chi connectivity index (χ3n) is 3.99. The van der Waals surface area contributed by atoms with Gasteiger partial charge >= 0.3 is 6.09 Å². The molecule has 1 atom stereocenters. The SMILES string of the molecule is CC(C)(C)OC(=O)N1C(C)(C)OCC1(C(=O)NCC=O)c1cccc(Br)n1. The fourth-order valence-corrected chi connectivity index (χ4v) is 3.29. The van der Waals surface area contributed by atoms with Crippen LogP contribution in [0, 0.1) is 0 Å². The Bertz CT molecular complexity index is 747. The Hall–Kier alpha value is -2.00. The Morgan fingerprint density at radius 3 is 2.63 bits per heavy atom. The van der Waals surface area contributed by atoms with Gasteiger partial charge in [-0.3, -0.25) is 9.69 Å². The summed E-state index contributed by atoms with van der Waals surface area (Å²) >= 11 is 3.30.